The smallest absolute Gasteiger partial charge is 0.410 e. The Morgan fingerprint density at radius 1 is 1.44 bits per heavy atom. The van der Waals surface area contributed by atoms with Crippen molar-refractivity contribution in [2.45, 2.75) is 52.2 Å². The summed E-state index contributed by atoms with van der Waals surface area (Å²) in [5, 5.41) is 0. The highest BCUT2D eigenvalue weighted by Crippen LogP contribution is 2.17. The fourth-order valence-electron chi connectivity index (χ4n) is 1.87. The maximum Gasteiger partial charge on any atom is 0.410 e. The highest BCUT2D eigenvalue weighted by Gasteiger charge is 2.27. The number of carbonyl (C=O) groups excluding carboxylic acids is 1. The highest BCUT2D eigenvalue weighted by molar-refractivity contribution is 5.68. The topological polar surface area (TPSA) is 55.6 Å². The first-order valence-corrected chi connectivity index (χ1v) is 6.03. The predicted octanol–water partition coefficient (Wildman–Crippen LogP) is 1.98. The number of ether oxygens (including phenoxy) is 1. The number of amides is 1. The molecule has 0 aliphatic carbocycles. The lowest BCUT2D eigenvalue weighted by atomic mass is 10.0. The molecule has 0 unspecified atom stereocenters. The molecule has 0 aromatic heterocycles. The van der Waals surface area contributed by atoms with Crippen molar-refractivity contribution in [3.63, 3.8) is 0 Å². The molecule has 1 rings (SSSR count). The second-order valence-corrected chi connectivity index (χ2v) is 5.71. The van der Waals surface area contributed by atoms with Gasteiger partial charge in [0.05, 0.1) is 0 Å². The Hall–Kier alpha value is -0.770. The minimum Gasteiger partial charge on any atom is -0.444 e. The lowest BCUT2D eigenvalue weighted by molar-refractivity contribution is 0.0236. The molecule has 0 bridgehead atoms. The molecular weight excluding hydrogens is 204 g/mol. The van der Waals surface area contributed by atoms with Gasteiger partial charge in [-0.15, -0.1) is 0 Å². The van der Waals surface area contributed by atoms with Crippen LogP contribution < -0.4 is 5.73 Å². The molecule has 0 radical (unpaired) electrons. The van der Waals surface area contributed by atoms with E-state index in [2.05, 4.69) is 6.92 Å². The molecular formula is C12H24N2O2. The Morgan fingerprint density at radius 2 is 2.06 bits per heavy atom. The second-order valence-electron chi connectivity index (χ2n) is 5.71. The summed E-state index contributed by atoms with van der Waals surface area (Å²) in [6.07, 6.45) is 1.74. The number of nitrogens with zero attached hydrogens (tertiary/aromatic N) is 1. The standard InChI is InChI=1S/C12H24N2O2/c1-9-8-14(7-5-6-10(9)13)11(15)16-12(2,3)4/h9-10H,5-8,13H2,1-4H3/t9-,10+/m1/s1. The fraction of sp³-hybridized carbons (Fsp3) is 0.917. The summed E-state index contributed by atoms with van der Waals surface area (Å²) >= 11 is 0. The molecule has 0 aromatic carbocycles. The monoisotopic (exact) mass is 228 g/mol. The number of nitrogens with two attached hydrogens (primary N) is 1. The van der Waals surface area contributed by atoms with Crippen LogP contribution >= 0.6 is 0 Å². The zero-order valence-electron chi connectivity index (χ0n) is 10.8. The largest absolute Gasteiger partial charge is 0.444 e. The van der Waals surface area contributed by atoms with Gasteiger partial charge in [0.25, 0.3) is 0 Å². The van der Waals surface area contributed by atoms with E-state index in [1.807, 2.05) is 20.8 Å². The average Bonchev–Trinajstić information content (AvgIpc) is 2.27. The predicted molar refractivity (Wildman–Crippen MR) is 64.2 cm³/mol. The van der Waals surface area contributed by atoms with E-state index in [4.69, 9.17) is 10.5 Å². The van der Waals surface area contributed by atoms with Gasteiger partial charge in [0, 0.05) is 19.1 Å². The molecule has 2 N–H and O–H groups in total. The van der Waals surface area contributed by atoms with Crippen molar-refractivity contribution < 1.29 is 9.53 Å². The summed E-state index contributed by atoms with van der Waals surface area (Å²) in [4.78, 5) is 13.7. The number of hydrogen-bond acceptors (Lipinski definition) is 3. The van der Waals surface area contributed by atoms with Crippen LogP contribution in [0, 0.1) is 5.92 Å². The van der Waals surface area contributed by atoms with Gasteiger partial charge in [-0.2, -0.15) is 0 Å². The van der Waals surface area contributed by atoms with Crippen molar-refractivity contribution in [1.29, 1.82) is 0 Å². The number of rotatable bonds is 0. The Bertz CT molecular complexity index is 248. The van der Waals surface area contributed by atoms with Crippen molar-refractivity contribution in [2.75, 3.05) is 13.1 Å². The summed E-state index contributed by atoms with van der Waals surface area (Å²) < 4.78 is 5.36. The van der Waals surface area contributed by atoms with Gasteiger partial charge in [0.15, 0.2) is 0 Å². The molecule has 4 heteroatoms. The number of hydrogen-bond donors (Lipinski definition) is 1. The SMILES string of the molecule is C[C@@H]1CN(C(=O)OC(C)(C)C)CCC[C@@H]1N. The van der Waals surface area contributed by atoms with E-state index >= 15 is 0 Å². The third-order valence-electron chi connectivity index (χ3n) is 2.86. The van der Waals surface area contributed by atoms with E-state index in [-0.39, 0.29) is 12.1 Å². The van der Waals surface area contributed by atoms with Crippen LogP contribution in [0.4, 0.5) is 4.79 Å². The second kappa shape index (κ2) is 5.04. The van der Waals surface area contributed by atoms with Crippen LogP contribution in [0.3, 0.4) is 0 Å². The summed E-state index contributed by atoms with van der Waals surface area (Å²) in [5.41, 5.74) is 5.57. The summed E-state index contributed by atoms with van der Waals surface area (Å²) in [5.74, 6) is 0.343. The maximum absolute atomic E-state index is 11.9. The first kappa shape index (κ1) is 13.3. The minimum atomic E-state index is -0.422. The minimum absolute atomic E-state index is 0.201. The van der Waals surface area contributed by atoms with E-state index in [0.717, 1.165) is 19.4 Å². The van der Waals surface area contributed by atoms with Gasteiger partial charge < -0.3 is 15.4 Å². The third-order valence-corrected chi connectivity index (χ3v) is 2.86. The molecule has 1 aliphatic rings. The quantitative estimate of drug-likeness (QED) is 0.689. The van der Waals surface area contributed by atoms with Gasteiger partial charge >= 0.3 is 6.09 Å². The van der Waals surface area contributed by atoms with Crippen molar-refractivity contribution in [2.24, 2.45) is 11.7 Å². The summed E-state index contributed by atoms with van der Waals surface area (Å²) in [6.45, 7) is 9.21. The first-order chi connectivity index (χ1) is 7.29. The molecule has 94 valence electrons. The van der Waals surface area contributed by atoms with Crippen LogP contribution in [0.15, 0.2) is 0 Å². The molecule has 4 nitrogen and oxygen atoms in total. The molecule has 1 aliphatic heterocycles. The van der Waals surface area contributed by atoms with Gasteiger partial charge in [0.2, 0.25) is 0 Å². The van der Waals surface area contributed by atoms with Crippen molar-refractivity contribution in [3.05, 3.63) is 0 Å². The maximum atomic E-state index is 11.9. The molecule has 1 amide bonds. The third kappa shape index (κ3) is 4.00. The average molecular weight is 228 g/mol. The zero-order valence-corrected chi connectivity index (χ0v) is 10.8. The van der Waals surface area contributed by atoms with Crippen LogP contribution in [0.5, 0.6) is 0 Å². The van der Waals surface area contributed by atoms with E-state index < -0.39 is 5.60 Å². The lowest BCUT2D eigenvalue weighted by Gasteiger charge is -2.28. The van der Waals surface area contributed by atoms with Crippen molar-refractivity contribution in [3.8, 4) is 0 Å². The molecule has 0 spiro atoms. The van der Waals surface area contributed by atoms with E-state index in [0.29, 0.717) is 12.5 Å². The lowest BCUT2D eigenvalue weighted by Crippen LogP contribution is -2.40. The van der Waals surface area contributed by atoms with E-state index in [9.17, 15) is 4.79 Å². The molecule has 1 saturated heterocycles. The summed E-state index contributed by atoms with van der Waals surface area (Å²) in [6, 6.07) is 0.201. The molecule has 0 aromatic rings. The Morgan fingerprint density at radius 3 is 2.62 bits per heavy atom. The fourth-order valence-corrected chi connectivity index (χ4v) is 1.87. The Kier molecular flexibility index (Phi) is 4.19. The molecule has 1 fully saturated rings. The van der Waals surface area contributed by atoms with E-state index in [1.165, 1.54) is 0 Å². The van der Waals surface area contributed by atoms with Crippen LogP contribution in [-0.2, 0) is 4.74 Å². The highest BCUT2D eigenvalue weighted by atomic mass is 16.6. The van der Waals surface area contributed by atoms with Gasteiger partial charge in [-0.25, -0.2) is 4.79 Å². The molecule has 2 atom stereocenters. The van der Waals surface area contributed by atoms with Crippen LogP contribution in [0.25, 0.3) is 0 Å². The van der Waals surface area contributed by atoms with Crippen molar-refractivity contribution >= 4 is 6.09 Å². The van der Waals surface area contributed by atoms with Crippen LogP contribution in [-0.4, -0.2) is 35.7 Å². The molecule has 16 heavy (non-hydrogen) atoms. The summed E-state index contributed by atoms with van der Waals surface area (Å²) in [7, 11) is 0. The molecule has 0 saturated carbocycles. The molecule has 1 heterocycles. The van der Waals surface area contributed by atoms with Gasteiger partial charge in [0.1, 0.15) is 5.60 Å². The van der Waals surface area contributed by atoms with Crippen molar-refractivity contribution in [1.82, 2.24) is 4.90 Å². The van der Waals surface area contributed by atoms with Crippen LogP contribution in [0.1, 0.15) is 40.5 Å². The normalized spacial score (nSPS) is 27.4. The number of likely N-dealkylation sites (tertiary alicyclic amines) is 1. The van der Waals surface area contributed by atoms with Crippen LogP contribution in [0.2, 0.25) is 0 Å². The van der Waals surface area contributed by atoms with Gasteiger partial charge in [-0.05, 0) is 39.5 Å². The Balaban J connectivity index is 2.56. The number of carbonyl (C=O) groups is 1. The Labute approximate surface area is 98.1 Å². The van der Waals surface area contributed by atoms with E-state index in [1.54, 1.807) is 4.90 Å². The zero-order chi connectivity index (χ0) is 12.3. The first-order valence-electron chi connectivity index (χ1n) is 6.03. The van der Waals surface area contributed by atoms with Gasteiger partial charge in [-0.1, -0.05) is 6.92 Å². The van der Waals surface area contributed by atoms with Gasteiger partial charge in [-0.3, -0.25) is 0 Å².